The molecule has 0 aliphatic heterocycles. The first-order valence-corrected chi connectivity index (χ1v) is 10.7. The maximum absolute atomic E-state index is 12.3. The zero-order valence-electron chi connectivity index (χ0n) is 15.2. The molecule has 0 saturated heterocycles. The zero-order chi connectivity index (χ0) is 19.4. The van der Waals surface area contributed by atoms with Crippen LogP contribution < -0.4 is 5.32 Å². The minimum atomic E-state index is -0.532. The van der Waals surface area contributed by atoms with Crippen molar-refractivity contribution in [1.82, 2.24) is 0 Å². The number of rotatable bonds is 5. The maximum atomic E-state index is 12.3. The van der Waals surface area contributed by atoms with Gasteiger partial charge in [-0.2, -0.15) is 5.26 Å². The maximum Gasteiger partial charge on any atom is 0.339 e. The van der Waals surface area contributed by atoms with Gasteiger partial charge < -0.3 is 10.1 Å². The van der Waals surface area contributed by atoms with Gasteiger partial charge in [0.05, 0.1) is 11.1 Å². The molecule has 1 N–H and O–H groups in total. The number of nitriles is 1. The Morgan fingerprint density at radius 1 is 1.41 bits per heavy atom. The van der Waals surface area contributed by atoms with Crippen molar-refractivity contribution in [3.63, 3.8) is 0 Å². The van der Waals surface area contributed by atoms with E-state index in [2.05, 4.69) is 18.3 Å². The number of fused-ring (bicyclic) bond motifs is 1. The van der Waals surface area contributed by atoms with Gasteiger partial charge in [0.2, 0.25) is 0 Å². The smallest absolute Gasteiger partial charge is 0.339 e. The van der Waals surface area contributed by atoms with E-state index in [4.69, 9.17) is 4.74 Å². The molecule has 3 rings (SSSR count). The molecule has 7 heteroatoms. The third-order valence-electron chi connectivity index (χ3n) is 4.54. The van der Waals surface area contributed by atoms with Gasteiger partial charge in [-0.25, -0.2) is 4.79 Å². The van der Waals surface area contributed by atoms with Gasteiger partial charge in [0.25, 0.3) is 5.91 Å². The molecule has 0 bridgehead atoms. The lowest BCUT2D eigenvalue weighted by molar-refractivity contribution is -0.119. The highest BCUT2D eigenvalue weighted by Gasteiger charge is 2.25. The van der Waals surface area contributed by atoms with Gasteiger partial charge in [-0.1, -0.05) is 19.1 Å². The predicted octanol–water partition coefficient (Wildman–Crippen LogP) is 4.26. The van der Waals surface area contributed by atoms with Crippen molar-refractivity contribution in [3.05, 3.63) is 45.8 Å². The van der Waals surface area contributed by atoms with E-state index in [-0.39, 0.29) is 6.61 Å². The molecule has 1 aromatic carbocycles. The van der Waals surface area contributed by atoms with Gasteiger partial charge in [-0.15, -0.1) is 23.1 Å². The molecular weight excluding hydrogens is 380 g/mol. The molecule has 0 unspecified atom stereocenters. The summed E-state index contributed by atoms with van der Waals surface area (Å²) in [5, 5.41) is 12.8. The fourth-order valence-corrected chi connectivity index (χ4v) is 5.11. The van der Waals surface area contributed by atoms with Crippen molar-refractivity contribution in [3.8, 4) is 6.07 Å². The second kappa shape index (κ2) is 8.59. The Kier molecular flexibility index (Phi) is 6.19. The van der Waals surface area contributed by atoms with Crippen LogP contribution in [-0.2, 0) is 22.4 Å². The predicted molar refractivity (Wildman–Crippen MR) is 107 cm³/mol. The number of ether oxygens (including phenoxy) is 1. The summed E-state index contributed by atoms with van der Waals surface area (Å²) < 4.78 is 5.15. The van der Waals surface area contributed by atoms with E-state index < -0.39 is 11.9 Å². The molecule has 140 valence electrons. The normalized spacial score (nSPS) is 15.5. The van der Waals surface area contributed by atoms with Gasteiger partial charge in [0, 0.05) is 9.77 Å². The zero-order valence-corrected chi connectivity index (χ0v) is 16.8. The molecule has 1 aliphatic carbocycles. The molecule has 0 saturated carbocycles. The number of carbonyl (C=O) groups excluding carboxylic acids is 2. The number of amides is 1. The van der Waals surface area contributed by atoms with Crippen molar-refractivity contribution in [2.45, 2.75) is 31.1 Å². The number of nitrogens with one attached hydrogen (secondary N) is 1. The number of benzene rings is 1. The summed E-state index contributed by atoms with van der Waals surface area (Å²) in [5.41, 5.74) is 2.05. The summed E-state index contributed by atoms with van der Waals surface area (Å²) in [7, 11) is 0. The lowest BCUT2D eigenvalue weighted by Crippen LogP contribution is -2.21. The molecule has 1 amide bonds. The van der Waals surface area contributed by atoms with Crippen molar-refractivity contribution in [2.75, 3.05) is 18.2 Å². The van der Waals surface area contributed by atoms with Crippen LogP contribution in [0.25, 0.3) is 0 Å². The van der Waals surface area contributed by atoms with E-state index in [1.54, 1.807) is 12.1 Å². The number of esters is 1. The molecule has 2 aromatic rings. The van der Waals surface area contributed by atoms with E-state index in [9.17, 15) is 14.9 Å². The summed E-state index contributed by atoms with van der Waals surface area (Å²) in [6.45, 7) is 1.81. The highest BCUT2D eigenvalue weighted by atomic mass is 32.2. The van der Waals surface area contributed by atoms with E-state index in [0.29, 0.717) is 22.0 Å². The van der Waals surface area contributed by atoms with Crippen molar-refractivity contribution in [1.29, 1.82) is 5.26 Å². The second-order valence-corrected chi connectivity index (χ2v) is 8.45. The minimum Gasteiger partial charge on any atom is -0.452 e. The van der Waals surface area contributed by atoms with Crippen LogP contribution in [0.3, 0.4) is 0 Å². The fraction of sp³-hybridized carbons (Fsp3) is 0.350. The van der Waals surface area contributed by atoms with Crippen LogP contribution in [0.15, 0.2) is 29.2 Å². The third-order valence-corrected chi connectivity index (χ3v) is 6.50. The van der Waals surface area contributed by atoms with Crippen LogP contribution in [-0.4, -0.2) is 24.7 Å². The molecule has 27 heavy (non-hydrogen) atoms. The van der Waals surface area contributed by atoms with E-state index in [1.165, 1.54) is 28.0 Å². The monoisotopic (exact) mass is 400 g/mol. The van der Waals surface area contributed by atoms with E-state index in [1.807, 2.05) is 18.4 Å². The van der Waals surface area contributed by atoms with Crippen molar-refractivity contribution in [2.24, 2.45) is 5.92 Å². The Morgan fingerprint density at radius 2 is 2.19 bits per heavy atom. The Labute approximate surface area is 166 Å². The molecule has 1 heterocycles. The third kappa shape index (κ3) is 4.34. The Morgan fingerprint density at radius 3 is 2.93 bits per heavy atom. The quantitative estimate of drug-likeness (QED) is 0.599. The number of hydrogen-bond donors (Lipinski definition) is 1. The molecule has 0 fully saturated rings. The molecule has 0 spiro atoms. The van der Waals surface area contributed by atoms with Crippen LogP contribution in [0.2, 0.25) is 0 Å². The summed E-state index contributed by atoms with van der Waals surface area (Å²) >= 11 is 2.90. The number of carbonyl (C=O) groups is 2. The average Bonchev–Trinajstić information content (AvgIpc) is 3.01. The highest BCUT2D eigenvalue weighted by molar-refractivity contribution is 7.98. The standard InChI is InChI=1S/C20H20N2O3S2/c1-12-7-8-13-15(10-21)19(27-17(13)9-12)22-18(23)11-25-20(24)14-5-3-4-6-16(14)26-2/h3-6,12H,7-9,11H2,1-2H3,(H,22,23)/t12-/m0/s1. The number of anilines is 1. The first-order valence-electron chi connectivity index (χ1n) is 8.68. The SMILES string of the molecule is CSc1ccccc1C(=O)OCC(=O)Nc1sc2c(c1C#N)CC[C@H](C)C2. The molecule has 1 aliphatic rings. The number of hydrogen-bond acceptors (Lipinski definition) is 6. The summed E-state index contributed by atoms with van der Waals surface area (Å²) in [6.07, 6.45) is 4.73. The van der Waals surface area contributed by atoms with Crippen molar-refractivity contribution >= 4 is 40.0 Å². The molecule has 1 atom stereocenters. The van der Waals surface area contributed by atoms with Gasteiger partial charge in [0.1, 0.15) is 11.1 Å². The van der Waals surface area contributed by atoms with Crippen LogP contribution in [0.4, 0.5) is 5.00 Å². The topological polar surface area (TPSA) is 79.2 Å². The lowest BCUT2D eigenvalue weighted by atomic mass is 9.89. The molecular formula is C20H20N2O3S2. The summed E-state index contributed by atoms with van der Waals surface area (Å²) in [4.78, 5) is 26.5. The van der Waals surface area contributed by atoms with Gasteiger partial charge in [-0.3, -0.25) is 4.79 Å². The Balaban J connectivity index is 1.65. The van der Waals surface area contributed by atoms with E-state index >= 15 is 0 Å². The first kappa shape index (κ1) is 19.5. The van der Waals surface area contributed by atoms with Gasteiger partial charge >= 0.3 is 5.97 Å². The Hall–Kier alpha value is -2.30. The van der Waals surface area contributed by atoms with Gasteiger partial charge in [0.15, 0.2) is 6.61 Å². The van der Waals surface area contributed by atoms with Crippen LogP contribution in [0.5, 0.6) is 0 Å². The second-order valence-electron chi connectivity index (χ2n) is 6.49. The summed E-state index contributed by atoms with van der Waals surface area (Å²) in [5.74, 6) is -0.383. The number of nitrogens with zero attached hydrogens (tertiary/aromatic N) is 1. The average molecular weight is 401 g/mol. The minimum absolute atomic E-state index is 0.384. The summed E-state index contributed by atoms with van der Waals surface area (Å²) in [6, 6.07) is 9.32. The van der Waals surface area contributed by atoms with E-state index in [0.717, 1.165) is 29.7 Å². The molecule has 1 aromatic heterocycles. The first-order chi connectivity index (χ1) is 13.0. The fourth-order valence-electron chi connectivity index (χ4n) is 3.14. The van der Waals surface area contributed by atoms with Crippen molar-refractivity contribution < 1.29 is 14.3 Å². The van der Waals surface area contributed by atoms with Crippen LogP contribution in [0, 0.1) is 17.2 Å². The van der Waals surface area contributed by atoms with Crippen LogP contribution in [0.1, 0.15) is 39.7 Å². The molecule has 0 radical (unpaired) electrons. The number of thioether (sulfide) groups is 1. The lowest BCUT2D eigenvalue weighted by Gasteiger charge is -2.17. The highest BCUT2D eigenvalue weighted by Crippen LogP contribution is 2.39. The number of thiophene rings is 1. The Bertz CT molecular complexity index is 914. The van der Waals surface area contributed by atoms with Crippen LogP contribution >= 0.6 is 23.1 Å². The van der Waals surface area contributed by atoms with Gasteiger partial charge in [-0.05, 0) is 49.1 Å². The molecule has 5 nitrogen and oxygen atoms in total. The largest absolute Gasteiger partial charge is 0.452 e.